The number of hydrogen-bond acceptors (Lipinski definition) is 6. The van der Waals surface area contributed by atoms with Crippen LogP contribution in [-0.2, 0) is 4.74 Å². The number of amides is 4. The highest BCUT2D eigenvalue weighted by atomic mass is 16.5. The van der Waals surface area contributed by atoms with Crippen LogP contribution in [0.2, 0.25) is 0 Å². The van der Waals surface area contributed by atoms with Gasteiger partial charge in [-0.15, -0.1) is 0 Å². The van der Waals surface area contributed by atoms with E-state index >= 15 is 0 Å². The van der Waals surface area contributed by atoms with E-state index in [1.807, 2.05) is 19.9 Å². The summed E-state index contributed by atoms with van der Waals surface area (Å²) in [6.45, 7) is 6.77. The maximum atomic E-state index is 14.3. The van der Waals surface area contributed by atoms with Gasteiger partial charge in [0.15, 0.2) is 0 Å². The topological polar surface area (TPSA) is 120 Å². The number of benzene rings is 2. The van der Waals surface area contributed by atoms with Crippen molar-refractivity contribution in [3.8, 4) is 5.75 Å². The molecule has 3 N–H and O–H groups in total. The summed E-state index contributed by atoms with van der Waals surface area (Å²) >= 11 is 0. The number of urea groups is 1. The largest absolute Gasteiger partial charge is 0.490 e. The number of carbonyl (C=O) groups excluding carboxylic acids is 3. The van der Waals surface area contributed by atoms with E-state index < -0.39 is 6.04 Å². The number of likely N-dealkylation sites (N-methyl/N-ethyl adjacent to an activating group) is 1. The van der Waals surface area contributed by atoms with Gasteiger partial charge in [-0.2, -0.15) is 0 Å². The van der Waals surface area contributed by atoms with Crippen molar-refractivity contribution in [2.24, 2.45) is 5.92 Å². The minimum atomic E-state index is -0.497. The Balaban J connectivity index is 1.58. The van der Waals surface area contributed by atoms with Crippen LogP contribution < -0.4 is 15.4 Å². The van der Waals surface area contributed by atoms with Crippen molar-refractivity contribution in [3.05, 3.63) is 59.7 Å². The second-order valence-corrected chi connectivity index (χ2v) is 13.0. The quantitative estimate of drug-likeness (QED) is 0.358. The van der Waals surface area contributed by atoms with E-state index in [4.69, 9.17) is 9.47 Å². The first kappa shape index (κ1) is 35.2. The van der Waals surface area contributed by atoms with Gasteiger partial charge in [-0.3, -0.25) is 9.59 Å². The number of rotatable bonds is 7. The molecule has 4 atom stereocenters. The molecule has 0 spiro atoms. The molecule has 4 amide bonds. The summed E-state index contributed by atoms with van der Waals surface area (Å²) < 4.78 is 12.7. The Bertz CT molecular complexity index is 1280. The van der Waals surface area contributed by atoms with Crippen molar-refractivity contribution in [1.29, 1.82) is 0 Å². The fourth-order valence-corrected chi connectivity index (χ4v) is 6.14. The molecule has 0 aromatic heterocycles. The van der Waals surface area contributed by atoms with E-state index in [-0.39, 0.29) is 48.6 Å². The number of aliphatic hydroxyl groups excluding tert-OH is 1. The van der Waals surface area contributed by atoms with E-state index in [0.29, 0.717) is 42.3 Å². The first-order chi connectivity index (χ1) is 22.2. The molecule has 10 heteroatoms. The van der Waals surface area contributed by atoms with Gasteiger partial charge in [0.05, 0.1) is 30.4 Å². The SMILES string of the molecule is C[C@@H]1CCCCO[C@H](CN(C)C(=O)NC2CCCCC2)[C@H](C)CN([C@H](C)CO)C(=O)c2cc(NC(=O)c3ccccc3)ccc2O1. The molecule has 1 aliphatic heterocycles. The number of nitrogens with zero attached hydrogens (tertiary/aromatic N) is 2. The van der Waals surface area contributed by atoms with Crippen molar-refractivity contribution in [2.75, 3.05) is 38.7 Å². The molecule has 4 rings (SSSR count). The van der Waals surface area contributed by atoms with Gasteiger partial charge in [0.25, 0.3) is 11.8 Å². The minimum Gasteiger partial charge on any atom is -0.490 e. The van der Waals surface area contributed by atoms with E-state index in [1.165, 1.54) is 6.42 Å². The first-order valence-electron chi connectivity index (χ1n) is 16.9. The maximum absolute atomic E-state index is 14.3. The van der Waals surface area contributed by atoms with Gasteiger partial charge < -0.3 is 35.0 Å². The van der Waals surface area contributed by atoms with Crippen LogP contribution in [-0.4, -0.2) is 90.4 Å². The summed E-state index contributed by atoms with van der Waals surface area (Å²) in [6, 6.07) is 13.6. The van der Waals surface area contributed by atoms with E-state index in [9.17, 15) is 19.5 Å². The number of anilines is 1. The van der Waals surface area contributed by atoms with Gasteiger partial charge in [-0.1, -0.05) is 44.4 Å². The molecule has 1 aliphatic carbocycles. The number of ether oxygens (including phenoxy) is 2. The predicted octanol–water partition coefficient (Wildman–Crippen LogP) is 5.71. The molecule has 0 saturated heterocycles. The van der Waals surface area contributed by atoms with Gasteiger partial charge in [0.1, 0.15) is 5.75 Å². The second-order valence-electron chi connectivity index (χ2n) is 13.0. The molecule has 252 valence electrons. The summed E-state index contributed by atoms with van der Waals surface area (Å²) in [5.41, 5.74) is 1.28. The van der Waals surface area contributed by atoms with Crippen LogP contribution >= 0.6 is 0 Å². The molecule has 1 fully saturated rings. The number of carbonyl (C=O) groups is 3. The van der Waals surface area contributed by atoms with Gasteiger partial charge >= 0.3 is 6.03 Å². The predicted molar refractivity (Wildman–Crippen MR) is 179 cm³/mol. The minimum absolute atomic E-state index is 0.108. The molecule has 0 radical (unpaired) electrons. The van der Waals surface area contributed by atoms with E-state index in [2.05, 4.69) is 10.6 Å². The number of hydrogen-bond donors (Lipinski definition) is 3. The van der Waals surface area contributed by atoms with Crippen molar-refractivity contribution < 1.29 is 29.0 Å². The van der Waals surface area contributed by atoms with E-state index in [0.717, 1.165) is 44.9 Å². The summed E-state index contributed by atoms with van der Waals surface area (Å²) in [5.74, 6) is -0.323. The fourth-order valence-electron chi connectivity index (χ4n) is 6.14. The lowest BCUT2D eigenvalue weighted by molar-refractivity contribution is -0.0123. The highest BCUT2D eigenvalue weighted by Crippen LogP contribution is 2.29. The fraction of sp³-hybridized carbons (Fsp3) is 0.583. The van der Waals surface area contributed by atoms with Gasteiger partial charge in [0.2, 0.25) is 0 Å². The third-order valence-corrected chi connectivity index (χ3v) is 9.08. The maximum Gasteiger partial charge on any atom is 0.317 e. The summed E-state index contributed by atoms with van der Waals surface area (Å²) in [4.78, 5) is 43.7. The third-order valence-electron chi connectivity index (χ3n) is 9.08. The molecule has 2 aliphatic rings. The average Bonchev–Trinajstić information content (AvgIpc) is 3.06. The van der Waals surface area contributed by atoms with E-state index in [1.54, 1.807) is 66.2 Å². The number of fused-ring (bicyclic) bond motifs is 1. The van der Waals surface area contributed by atoms with Gasteiger partial charge in [-0.05, 0) is 76.3 Å². The van der Waals surface area contributed by atoms with Crippen LogP contribution in [0.25, 0.3) is 0 Å². The molecule has 2 aromatic carbocycles. The molecule has 46 heavy (non-hydrogen) atoms. The van der Waals surface area contributed by atoms with Crippen LogP contribution in [0.1, 0.15) is 92.9 Å². The Morgan fingerprint density at radius 1 is 1.02 bits per heavy atom. The van der Waals surface area contributed by atoms with Crippen LogP contribution in [0.15, 0.2) is 48.5 Å². The molecule has 0 bridgehead atoms. The lowest BCUT2D eigenvalue weighted by Crippen LogP contribution is -2.50. The van der Waals surface area contributed by atoms with Crippen LogP contribution in [0.3, 0.4) is 0 Å². The lowest BCUT2D eigenvalue weighted by atomic mass is 9.96. The van der Waals surface area contributed by atoms with Crippen molar-refractivity contribution in [2.45, 2.75) is 96.4 Å². The summed E-state index contributed by atoms with van der Waals surface area (Å²) in [7, 11) is 1.79. The molecule has 1 heterocycles. The zero-order chi connectivity index (χ0) is 33.1. The van der Waals surface area contributed by atoms with Gasteiger partial charge in [0, 0.05) is 50.0 Å². The number of aliphatic hydroxyl groups is 1. The zero-order valence-corrected chi connectivity index (χ0v) is 27.9. The molecule has 10 nitrogen and oxygen atoms in total. The zero-order valence-electron chi connectivity index (χ0n) is 27.9. The Morgan fingerprint density at radius 3 is 2.46 bits per heavy atom. The summed E-state index contributed by atoms with van der Waals surface area (Å²) in [6.07, 6.45) is 7.50. The molecule has 0 unspecified atom stereocenters. The molecule has 1 saturated carbocycles. The highest BCUT2D eigenvalue weighted by molar-refractivity contribution is 6.05. The Kier molecular flexibility index (Phi) is 13.3. The standard InChI is InChI=1S/C36H52N4O6/c1-25-22-40(26(2)24-41)35(43)31-21-30(37-34(42)28-14-7-5-8-15-28)18-19-32(31)46-27(3)13-11-12-20-45-33(25)23-39(4)36(44)38-29-16-9-6-10-17-29/h5,7-8,14-15,18-19,21,25-27,29,33,41H,6,9-13,16-17,20,22-24H2,1-4H3,(H,37,42)(H,38,44)/t25-,26-,27-,33-/m1/s1. The normalized spacial score (nSPS) is 22.5. The third kappa shape index (κ3) is 9.93. The Morgan fingerprint density at radius 2 is 1.74 bits per heavy atom. The first-order valence-corrected chi connectivity index (χ1v) is 16.9. The molecular weight excluding hydrogens is 584 g/mol. The monoisotopic (exact) mass is 636 g/mol. The van der Waals surface area contributed by atoms with Crippen LogP contribution in [0, 0.1) is 5.92 Å². The molecule has 2 aromatic rings. The van der Waals surface area contributed by atoms with Crippen molar-refractivity contribution in [1.82, 2.24) is 15.1 Å². The Labute approximate surface area is 273 Å². The van der Waals surface area contributed by atoms with Gasteiger partial charge in [-0.25, -0.2) is 4.79 Å². The van der Waals surface area contributed by atoms with Crippen LogP contribution in [0.4, 0.5) is 10.5 Å². The lowest BCUT2D eigenvalue weighted by Gasteiger charge is -2.36. The Hall–Kier alpha value is -3.63. The van der Waals surface area contributed by atoms with Crippen LogP contribution in [0.5, 0.6) is 5.75 Å². The average molecular weight is 637 g/mol. The smallest absolute Gasteiger partial charge is 0.317 e. The second kappa shape index (κ2) is 17.3. The number of nitrogens with one attached hydrogen (secondary N) is 2. The highest BCUT2D eigenvalue weighted by Gasteiger charge is 2.31. The van der Waals surface area contributed by atoms with Crippen molar-refractivity contribution >= 4 is 23.5 Å². The summed E-state index contributed by atoms with van der Waals surface area (Å²) in [5, 5.41) is 16.3. The van der Waals surface area contributed by atoms with Crippen molar-refractivity contribution in [3.63, 3.8) is 0 Å². The molecular formula is C36H52N4O6.